The van der Waals surface area contributed by atoms with Gasteiger partial charge in [0.05, 0.1) is 0 Å². The van der Waals surface area contributed by atoms with E-state index in [4.69, 9.17) is 23.2 Å². The molecule has 4 amide bonds. The first-order valence-corrected chi connectivity index (χ1v) is 5.80. The number of hydrogen-bond donors (Lipinski definition) is 4. The Kier molecular flexibility index (Phi) is 5.11. The van der Waals surface area contributed by atoms with E-state index in [1.54, 1.807) is 0 Å². The summed E-state index contributed by atoms with van der Waals surface area (Å²) in [6.07, 6.45) is 2.18. The molecule has 0 atom stereocenters. The maximum absolute atomic E-state index is 11.1. The number of anilines is 2. The van der Waals surface area contributed by atoms with Gasteiger partial charge in [-0.15, -0.1) is 10.2 Å². The van der Waals surface area contributed by atoms with Crippen LogP contribution in [0.3, 0.4) is 0 Å². The third kappa shape index (κ3) is 3.49. The molecule has 0 aromatic carbocycles. The number of carbonyl (C=O) groups excluding carboxylic acids is 2. The van der Waals surface area contributed by atoms with Crippen molar-refractivity contribution in [2.75, 3.05) is 10.0 Å². The van der Waals surface area contributed by atoms with Crippen molar-refractivity contribution in [3.63, 3.8) is 0 Å². The summed E-state index contributed by atoms with van der Waals surface area (Å²) in [5.41, 5.74) is 10.4. The minimum Gasteiger partial charge on any atom is -0.350 e. The molecule has 1 aromatic rings. The van der Waals surface area contributed by atoms with Gasteiger partial charge in [-0.3, -0.25) is 0 Å². The summed E-state index contributed by atoms with van der Waals surface area (Å²) in [5, 5.41) is 8.60. The fourth-order valence-corrected chi connectivity index (χ4v) is 1.34. The quantitative estimate of drug-likeness (QED) is 0.295. The Labute approximate surface area is 114 Å². The van der Waals surface area contributed by atoms with Gasteiger partial charge in [-0.1, -0.05) is 13.3 Å². The number of rotatable bonds is 5. The van der Waals surface area contributed by atoms with Gasteiger partial charge in [-0.2, -0.15) is 9.99 Å². The van der Waals surface area contributed by atoms with E-state index in [0.717, 1.165) is 12.8 Å². The lowest BCUT2D eigenvalue weighted by Crippen LogP contribution is -2.45. The number of nitrogens with zero attached hydrogens (tertiary/aromatic N) is 5. The number of nitrogens with two attached hydrogens (primary N) is 4. The lowest BCUT2D eigenvalue weighted by atomic mass is 10.2. The van der Waals surface area contributed by atoms with E-state index in [2.05, 4.69) is 15.2 Å². The van der Waals surface area contributed by atoms with Gasteiger partial charge < -0.3 is 11.5 Å². The predicted molar refractivity (Wildman–Crippen MR) is 70.9 cm³/mol. The molecule has 0 fully saturated rings. The molecule has 0 unspecified atom stereocenters. The van der Waals surface area contributed by atoms with Crippen molar-refractivity contribution in [1.82, 2.24) is 15.2 Å². The average Bonchev–Trinajstić information content (AvgIpc) is 2.43. The van der Waals surface area contributed by atoms with Crippen molar-refractivity contribution in [1.29, 1.82) is 0 Å². The Hall–Kier alpha value is -2.53. The van der Waals surface area contributed by atoms with Crippen LogP contribution in [-0.4, -0.2) is 27.2 Å². The molecular weight excluding hydrogens is 266 g/mol. The highest BCUT2D eigenvalue weighted by molar-refractivity contribution is 5.90. The predicted octanol–water partition coefficient (Wildman–Crippen LogP) is -1.27. The fourth-order valence-electron chi connectivity index (χ4n) is 1.34. The minimum absolute atomic E-state index is 0.0207. The molecule has 11 nitrogen and oxygen atoms in total. The van der Waals surface area contributed by atoms with Crippen molar-refractivity contribution in [3.8, 4) is 0 Å². The number of carbonyl (C=O) groups is 2. The van der Waals surface area contributed by atoms with Gasteiger partial charge in [0.25, 0.3) is 5.95 Å². The van der Waals surface area contributed by atoms with Gasteiger partial charge in [0.15, 0.2) is 5.82 Å². The van der Waals surface area contributed by atoms with E-state index >= 15 is 0 Å². The molecule has 0 saturated carbocycles. The number of primary amides is 2. The van der Waals surface area contributed by atoms with Crippen LogP contribution in [0.2, 0.25) is 0 Å². The van der Waals surface area contributed by atoms with Crippen LogP contribution in [0.5, 0.6) is 0 Å². The molecule has 1 rings (SSSR count). The molecule has 1 aromatic heterocycles. The summed E-state index contributed by atoms with van der Waals surface area (Å²) in [6.45, 7) is 1.98. The third-order valence-electron chi connectivity index (χ3n) is 2.41. The molecule has 0 radical (unpaired) electrons. The largest absolute Gasteiger partial charge is 0.350 e. The van der Waals surface area contributed by atoms with Crippen LogP contribution in [0, 0.1) is 0 Å². The zero-order valence-electron chi connectivity index (χ0n) is 11.0. The Balaban J connectivity index is 3.20. The van der Waals surface area contributed by atoms with E-state index in [1.807, 2.05) is 6.92 Å². The van der Waals surface area contributed by atoms with Gasteiger partial charge >= 0.3 is 12.1 Å². The highest BCUT2D eigenvalue weighted by Gasteiger charge is 2.20. The zero-order chi connectivity index (χ0) is 15.3. The van der Waals surface area contributed by atoms with Crippen LogP contribution < -0.4 is 33.2 Å². The van der Waals surface area contributed by atoms with Crippen molar-refractivity contribution in [3.05, 3.63) is 5.69 Å². The van der Waals surface area contributed by atoms with Crippen LogP contribution in [-0.2, 0) is 6.42 Å². The highest BCUT2D eigenvalue weighted by atomic mass is 16.2. The maximum atomic E-state index is 11.1. The van der Waals surface area contributed by atoms with Crippen LogP contribution >= 0.6 is 0 Å². The standard InChI is InChI=1S/C9H17N9O2/c1-2-3-4-5-6(17(12)7(10)19)14-9(16-15-5)18(13)8(11)20/h2-4,12-13H2,1H3,(H2,10,19)(H2,11,20). The first-order chi connectivity index (χ1) is 9.38. The van der Waals surface area contributed by atoms with Crippen molar-refractivity contribution >= 4 is 23.8 Å². The Morgan fingerprint density at radius 1 is 1.10 bits per heavy atom. The molecule has 0 bridgehead atoms. The van der Waals surface area contributed by atoms with E-state index in [1.165, 1.54) is 0 Å². The Bertz CT molecular complexity index is 506. The van der Waals surface area contributed by atoms with E-state index in [-0.39, 0.29) is 11.8 Å². The molecule has 11 heteroatoms. The normalized spacial score (nSPS) is 10.2. The molecule has 1 heterocycles. The molecule has 0 aliphatic heterocycles. The van der Waals surface area contributed by atoms with E-state index in [9.17, 15) is 9.59 Å². The van der Waals surface area contributed by atoms with Crippen LogP contribution in [0.4, 0.5) is 21.4 Å². The number of amides is 4. The molecule has 8 N–H and O–H groups in total. The Morgan fingerprint density at radius 2 is 1.70 bits per heavy atom. The minimum atomic E-state index is -0.985. The molecule has 0 aliphatic rings. The van der Waals surface area contributed by atoms with E-state index in [0.29, 0.717) is 22.1 Å². The van der Waals surface area contributed by atoms with Gasteiger partial charge in [0, 0.05) is 0 Å². The summed E-state index contributed by atoms with van der Waals surface area (Å²) in [7, 11) is 0. The average molecular weight is 283 g/mol. The number of hydrazine groups is 2. The fraction of sp³-hybridized carbons (Fsp3) is 0.444. The first kappa shape index (κ1) is 15.5. The first-order valence-electron chi connectivity index (χ1n) is 5.80. The van der Waals surface area contributed by atoms with Gasteiger partial charge in [-0.05, 0) is 12.8 Å². The van der Waals surface area contributed by atoms with Gasteiger partial charge in [0.1, 0.15) is 5.69 Å². The lowest BCUT2D eigenvalue weighted by molar-refractivity contribution is 0.253. The number of unbranched alkanes of at least 4 members (excludes halogenated alkanes) is 1. The summed E-state index contributed by atoms with van der Waals surface area (Å²) in [6, 6.07) is -1.92. The highest BCUT2D eigenvalue weighted by Crippen LogP contribution is 2.17. The number of aryl methyl sites for hydroxylation is 1. The number of aromatic nitrogens is 3. The summed E-state index contributed by atoms with van der Waals surface area (Å²) < 4.78 is 0. The molecular formula is C9H17N9O2. The molecule has 110 valence electrons. The van der Waals surface area contributed by atoms with Crippen LogP contribution in [0.15, 0.2) is 0 Å². The summed E-state index contributed by atoms with van der Waals surface area (Å²) >= 11 is 0. The molecule has 0 saturated heterocycles. The second kappa shape index (κ2) is 6.58. The maximum Gasteiger partial charge on any atom is 0.336 e. The third-order valence-corrected chi connectivity index (χ3v) is 2.41. The van der Waals surface area contributed by atoms with Gasteiger partial charge in [0.2, 0.25) is 0 Å². The molecule has 0 aliphatic carbocycles. The van der Waals surface area contributed by atoms with Gasteiger partial charge in [-0.25, -0.2) is 26.3 Å². The lowest BCUT2D eigenvalue weighted by Gasteiger charge is -2.18. The smallest absolute Gasteiger partial charge is 0.336 e. The Morgan fingerprint density at radius 3 is 2.20 bits per heavy atom. The monoisotopic (exact) mass is 283 g/mol. The molecule has 20 heavy (non-hydrogen) atoms. The van der Waals surface area contributed by atoms with Crippen molar-refractivity contribution in [2.24, 2.45) is 23.2 Å². The van der Waals surface area contributed by atoms with Crippen molar-refractivity contribution in [2.45, 2.75) is 26.2 Å². The van der Waals surface area contributed by atoms with E-state index < -0.39 is 12.1 Å². The zero-order valence-corrected chi connectivity index (χ0v) is 11.0. The number of urea groups is 2. The molecule has 0 spiro atoms. The van der Waals surface area contributed by atoms with Crippen LogP contribution in [0.1, 0.15) is 25.5 Å². The topological polar surface area (TPSA) is 183 Å². The van der Waals surface area contributed by atoms with Crippen molar-refractivity contribution < 1.29 is 9.59 Å². The number of hydrogen-bond acceptors (Lipinski definition) is 7. The SMILES string of the molecule is CCCCc1nnc(N(N)C(N)=O)nc1N(N)C(N)=O. The summed E-state index contributed by atoms with van der Waals surface area (Å²) in [4.78, 5) is 26.0. The second-order valence-corrected chi connectivity index (χ2v) is 3.90. The second-order valence-electron chi connectivity index (χ2n) is 3.90. The van der Waals surface area contributed by atoms with Crippen LogP contribution in [0.25, 0.3) is 0 Å². The summed E-state index contributed by atoms with van der Waals surface area (Å²) in [5.74, 6) is 10.6.